The first-order valence-corrected chi connectivity index (χ1v) is 5.79. The predicted octanol–water partition coefficient (Wildman–Crippen LogP) is 1.07. The second-order valence-corrected chi connectivity index (χ2v) is 5.41. The van der Waals surface area contributed by atoms with E-state index in [1.165, 1.54) is 45.3 Å². The van der Waals surface area contributed by atoms with Crippen molar-refractivity contribution < 1.29 is 0 Å². The van der Waals surface area contributed by atoms with Gasteiger partial charge in [0.15, 0.2) is 0 Å². The lowest BCUT2D eigenvalue weighted by Gasteiger charge is -2.16. The zero-order chi connectivity index (χ0) is 8.84. The van der Waals surface area contributed by atoms with Crippen LogP contribution in [0.25, 0.3) is 0 Å². The van der Waals surface area contributed by atoms with Crippen molar-refractivity contribution in [3.8, 4) is 0 Å². The second-order valence-electron chi connectivity index (χ2n) is 5.41. The Bertz CT molecular complexity index is 186. The SMILES string of the molecule is N[C@H]1C[C@@H]2CN(CC3CC3)C[C@@H]2C1. The topological polar surface area (TPSA) is 29.3 Å². The molecular formula is C11H20N2. The van der Waals surface area contributed by atoms with Gasteiger partial charge in [0.1, 0.15) is 0 Å². The third kappa shape index (κ3) is 1.62. The molecule has 1 saturated heterocycles. The highest BCUT2D eigenvalue weighted by Gasteiger charge is 2.40. The minimum Gasteiger partial charge on any atom is -0.328 e. The van der Waals surface area contributed by atoms with Crippen LogP contribution in [0, 0.1) is 17.8 Å². The highest BCUT2D eigenvalue weighted by molar-refractivity contribution is 4.94. The molecule has 0 aromatic carbocycles. The van der Waals surface area contributed by atoms with Gasteiger partial charge in [-0.05, 0) is 43.4 Å². The van der Waals surface area contributed by atoms with Gasteiger partial charge in [-0.15, -0.1) is 0 Å². The fourth-order valence-corrected chi connectivity index (χ4v) is 3.26. The summed E-state index contributed by atoms with van der Waals surface area (Å²) < 4.78 is 0. The van der Waals surface area contributed by atoms with Crippen molar-refractivity contribution in [2.75, 3.05) is 19.6 Å². The molecule has 3 fully saturated rings. The van der Waals surface area contributed by atoms with Crippen LogP contribution in [0.3, 0.4) is 0 Å². The molecule has 0 unspecified atom stereocenters. The fourth-order valence-electron chi connectivity index (χ4n) is 3.26. The highest BCUT2D eigenvalue weighted by Crippen LogP contribution is 2.39. The van der Waals surface area contributed by atoms with E-state index in [0.29, 0.717) is 6.04 Å². The van der Waals surface area contributed by atoms with Crippen molar-refractivity contribution in [1.82, 2.24) is 4.90 Å². The van der Waals surface area contributed by atoms with Crippen molar-refractivity contribution in [3.63, 3.8) is 0 Å². The van der Waals surface area contributed by atoms with Crippen molar-refractivity contribution in [1.29, 1.82) is 0 Å². The van der Waals surface area contributed by atoms with Crippen LogP contribution in [-0.2, 0) is 0 Å². The maximum atomic E-state index is 5.97. The molecule has 2 saturated carbocycles. The number of likely N-dealkylation sites (tertiary alicyclic amines) is 1. The first-order valence-electron chi connectivity index (χ1n) is 5.79. The second kappa shape index (κ2) is 2.96. The van der Waals surface area contributed by atoms with Crippen LogP contribution in [0.15, 0.2) is 0 Å². The Kier molecular flexibility index (Phi) is 1.88. The summed E-state index contributed by atoms with van der Waals surface area (Å²) >= 11 is 0. The van der Waals surface area contributed by atoms with Crippen LogP contribution in [0.5, 0.6) is 0 Å². The highest BCUT2D eigenvalue weighted by atomic mass is 15.2. The Balaban J connectivity index is 1.55. The van der Waals surface area contributed by atoms with Gasteiger partial charge in [0, 0.05) is 25.7 Å². The van der Waals surface area contributed by atoms with E-state index in [0.717, 1.165) is 17.8 Å². The molecule has 1 heterocycles. The van der Waals surface area contributed by atoms with Crippen LogP contribution in [0.1, 0.15) is 25.7 Å². The summed E-state index contributed by atoms with van der Waals surface area (Å²) in [6.07, 6.45) is 5.58. The third-order valence-electron chi connectivity index (χ3n) is 4.08. The molecule has 0 bridgehead atoms. The molecular weight excluding hydrogens is 160 g/mol. The lowest BCUT2D eigenvalue weighted by molar-refractivity contribution is 0.295. The van der Waals surface area contributed by atoms with Crippen LogP contribution < -0.4 is 5.73 Å². The third-order valence-corrected chi connectivity index (χ3v) is 4.08. The normalized spacial score (nSPS) is 45.5. The summed E-state index contributed by atoms with van der Waals surface area (Å²) in [6.45, 7) is 4.10. The predicted molar refractivity (Wildman–Crippen MR) is 53.4 cm³/mol. The maximum absolute atomic E-state index is 5.97. The van der Waals surface area contributed by atoms with Gasteiger partial charge < -0.3 is 10.6 Å². The lowest BCUT2D eigenvalue weighted by Crippen LogP contribution is -2.27. The number of nitrogens with two attached hydrogens (primary N) is 1. The van der Waals surface area contributed by atoms with Gasteiger partial charge in [-0.3, -0.25) is 0 Å². The van der Waals surface area contributed by atoms with Crippen molar-refractivity contribution in [2.24, 2.45) is 23.5 Å². The number of hydrogen-bond donors (Lipinski definition) is 1. The van der Waals surface area contributed by atoms with E-state index < -0.39 is 0 Å². The summed E-state index contributed by atoms with van der Waals surface area (Å²) in [4.78, 5) is 2.69. The van der Waals surface area contributed by atoms with E-state index in [-0.39, 0.29) is 0 Å². The zero-order valence-corrected chi connectivity index (χ0v) is 8.28. The molecule has 0 spiro atoms. The Labute approximate surface area is 80.5 Å². The molecule has 2 N–H and O–H groups in total. The van der Waals surface area contributed by atoms with Gasteiger partial charge >= 0.3 is 0 Å². The van der Waals surface area contributed by atoms with Gasteiger partial charge in [0.25, 0.3) is 0 Å². The summed E-state index contributed by atoms with van der Waals surface area (Å²) in [7, 11) is 0. The molecule has 3 atom stereocenters. The van der Waals surface area contributed by atoms with Gasteiger partial charge in [-0.25, -0.2) is 0 Å². The van der Waals surface area contributed by atoms with E-state index in [4.69, 9.17) is 5.73 Å². The van der Waals surface area contributed by atoms with Gasteiger partial charge in [-0.1, -0.05) is 0 Å². The molecule has 2 aliphatic carbocycles. The maximum Gasteiger partial charge on any atom is 0.00452 e. The van der Waals surface area contributed by atoms with Crippen LogP contribution in [0.2, 0.25) is 0 Å². The molecule has 0 amide bonds. The monoisotopic (exact) mass is 180 g/mol. The summed E-state index contributed by atoms with van der Waals surface area (Å²) in [6, 6.07) is 0.526. The number of hydrogen-bond acceptors (Lipinski definition) is 2. The van der Waals surface area contributed by atoms with Crippen LogP contribution >= 0.6 is 0 Å². The van der Waals surface area contributed by atoms with E-state index in [9.17, 15) is 0 Å². The average Bonchev–Trinajstić information content (AvgIpc) is 2.68. The van der Waals surface area contributed by atoms with Crippen molar-refractivity contribution in [3.05, 3.63) is 0 Å². The van der Waals surface area contributed by atoms with Crippen molar-refractivity contribution >= 4 is 0 Å². The largest absolute Gasteiger partial charge is 0.328 e. The van der Waals surface area contributed by atoms with Gasteiger partial charge in [0.05, 0.1) is 0 Å². The summed E-state index contributed by atoms with van der Waals surface area (Å²) in [5, 5.41) is 0. The summed E-state index contributed by atoms with van der Waals surface area (Å²) in [5.41, 5.74) is 5.97. The van der Waals surface area contributed by atoms with E-state index in [2.05, 4.69) is 4.90 Å². The molecule has 0 aromatic heterocycles. The molecule has 0 radical (unpaired) electrons. The number of rotatable bonds is 2. The molecule has 13 heavy (non-hydrogen) atoms. The molecule has 74 valence electrons. The summed E-state index contributed by atoms with van der Waals surface area (Å²) in [5.74, 6) is 2.97. The van der Waals surface area contributed by atoms with E-state index in [1.807, 2.05) is 0 Å². The van der Waals surface area contributed by atoms with E-state index in [1.54, 1.807) is 0 Å². The molecule has 3 aliphatic rings. The average molecular weight is 180 g/mol. The number of nitrogens with zero attached hydrogens (tertiary/aromatic N) is 1. The molecule has 2 heteroatoms. The Hall–Kier alpha value is -0.0800. The first-order chi connectivity index (χ1) is 6.31. The molecule has 1 aliphatic heterocycles. The zero-order valence-electron chi connectivity index (χ0n) is 8.28. The van der Waals surface area contributed by atoms with Gasteiger partial charge in [0.2, 0.25) is 0 Å². The Morgan fingerprint density at radius 3 is 2.23 bits per heavy atom. The Morgan fingerprint density at radius 1 is 1.08 bits per heavy atom. The number of fused-ring (bicyclic) bond motifs is 1. The van der Waals surface area contributed by atoms with Crippen molar-refractivity contribution in [2.45, 2.75) is 31.7 Å². The minimum absolute atomic E-state index is 0.526. The Morgan fingerprint density at radius 2 is 1.69 bits per heavy atom. The molecule has 2 nitrogen and oxygen atoms in total. The van der Waals surface area contributed by atoms with Crippen LogP contribution in [-0.4, -0.2) is 30.6 Å². The smallest absolute Gasteiger partial charge is 0.00452 e. The molecule has 3 rings (SSSR count). The van der Waals surface area contributed by atoms with E-state index >= 15 is 0 Å². The van der Waals surface area contributed by atoms with Crippen LogP contribution in [0.4, 0.5) is 0 Å². The van der Waals surface area contributed by atoms with Gasteiger partial charge in [-0.2, -0.15) is 0 Å². The quantitative estimate of drug-likeness (QED) is 0.688. The fraction of sp³-hybridized carbons (Fsp3) is 1.00. The standard InChI is InChI=1S/C11H20N2/c12-11-3-9-6-13(5-8-1-2-8)7-10(9)4-11/h8-11H,1-7,12H2/t9-,10+,11+. The minimum atomic E-state index is 0.526. The molecule has 0 aromatic rings. The first kappa shape index (κ1) is 8.25. The lowest BCUT2D eigenvalue weighted by atomic mass is 10.0.